The van der Waals surface area contributed by atoms with Crippen molar-refractivity contribution >= 4 is 25.6 Å². The van der Waals surface area contributed by atoms with E-state index in [1.54, 1.807) is 6.07 Å². The van der Waals surface area contributed by atoms with Crippen molar-refractivity contribution in [3.63, 3.8) is 0 Å². The minimum Gasteiger partial charge on any atom is -0.380 e. The predicted octanol–water partition coefficient (Wildman–Crippen LogP) is 2.29. The van der Waals surface area contributed by atoms with E-state index < -0.39 is 9.05 Å². The van der Waals surface area contributed by atoms with E-state index >= 15 is 0 Å². The molecule has 0 bridgehead atoms. The summed E-state index contributed by atoms with van der Waals surface area (Å²) in [6.07, 6.45) is 0.786. The molecule has 112 valence electrons. The van der Waals surface area contributed by atoms with Crippen LogP contribution in [0.4, 0.5) is 0 Å². The lowest BCUT2D eigenvalue weighted by molar-refractivity contribution is 0.0939. The number of rotatable bonds is 6. The predicted molar refractivity (Wildman–Crippen MR) is 77.4 cm³/mol. The standard InChI is InChI=1S/C13H18ClNO4S/c1-4-9(2)15-13(16)10-5-6-11(8-19-3)12(7-10)20(14,17)18/h5-7,9H,4,8H2,1-3H3,(H,15,16). The van der Waals surface area contributed by atoms with Crippen LogP contribution >= 0.6 is 10.7 Å². The zero-order valence-electron chi connectivity index (χ0n) is 11.6. The highest BCUT2D eigenvalue weighted by Gasteiger charge is 2.19. The summed E-state index contributed by atoms with van der Waals surface area (Å²) in [7, 11) is 2.91. The first kappa shape index (κ1) is 16.9. The van der Waals surface area contributed by atoms with Gasteiger partial charge in [-0.3, -0.25) is 4.79 Å². The second-order valence-corrected chi connectivity index (χ2v) is 7.01. The number of carbonyl (C=O) groups is 1. The normalized spacial score (nSPS) is 13.0. The fourth-order valence-electron chi connectivity index (χ4n) is 1.61. The van der Waals surface area contributed by atoms with Gasteiger partial charge in [0.1, 0.15) is 0 Å². The van der Waals surface area contributed by atoms with Gasteiger partial charge in [0.2, 0.25) is 0 Å². The maximum Gasteiger partial charge on any atom is 0.261 e. The molecule has 1 aromatic carbocycles. The summed E-state index contributed by atoms with van der Waals surface area (Å²) in [6.45, 7) is 3.92. The van der Waals surface area contributed by atoms with Crippen LogP contribution in [-0.2, 0) is 20.4 Å². The van der Waals surface area contributed by atoms with Crippen LogP contribution in [0.5, 0.6) is 0 Å². The van der Waals surface area contributed by atoms with Gasteiger partial charge in [0.15, 0.2) is 0 Å². The lowest BCUT2D eigenvalue weighted by Crippen LogP contribution is -2.32. The van der Waals surface area contributed by atoms with Gasteiger partial charge in [0.25, 0.3) is 15.0 Å². The second-order valence-electron chi connectivity index (χ2n) is 4.48. The summed E-state index contributed by atoms with van der Waals surface area (Å²) in [5.74, 6) is -0.329. The van der Waals surface area contributed by atoms with Gasteiger partial charge in [-0.2, -0.15) is 0 Å². The first-order valence-corrected chi connectivity index (χ1v) is 8.48. The van der Waals surface area contributed by atoms with Gasteiger partial charge < -0.3 is 10.1 Å². The van der Waals surface area contributed by atoms with Gasteiger partial charge in [-0.15, -0.1) is 0 Å². The van der Waals surface area contributed by atoms with Gasteiger partial charge in [0.05, 0.1) is 11.5 Å². The number of methoxy groups -OCH3 is 1. The summed E-state index contributed by atoms with van der Waals surface area (Å²) in [6, 6.07) is 4.37. The molecule has 0 aliphatic heterocycles. The molecule has 1 atom stereocenters. The zero-order chi connectivity index (χ0) is 15.3. The monoisotopic (exact) mass is 319 g/mol. The highest BCUT2D eigenvalue weighted by Crippen LogP contribution is 2.22. The molecule has 20 heavy (non-hydrogen) atoms. The summed E-state index contributed by atoms with van der Waals surface area (Å²) < 4.78 is 28.0. The Morgan fingerprint density at radius 1 is 1.45 bits per heavy atom. The van der Waals surface area contributed by atoms with Crippen LogP contribution in [0.1, 0.15) is 36.2 Å². The fraction of sp³-hybridized carbons (Fsp3) is 0.462. The molecule has 1 unspecified atom stereocenters. The largest absolute Gasteiger partial charge is 0.380 e. The van der Waals surface area contributed by atoms with E-state index in [9.17, 15) is 13.2 Å². The van der Waals surface area contributed by atoms with Crippen LogP contribution in [-0.4, -0.2) is 27.5 Å². The van der Waals surface area contributed by atoms with E-state index in [2.05, 4.69) is 5.32 Å². The molecular weight excluding hydrogens is 302 g/mol. The molecule has 0 aromatic heterocycles. The maximum absolute atomic E-state index is 12.0. The van der Waals surface area contributed by atoms with Crippen molar-refractivity contribution in [2.75, 3.05) is 7.11 Å². The molecule has 1 amide bonds. The van der Waals surface area contributed by atoms with E-state index in [-0.39, 0.29) is 29.0 Å². The molecule has 0 aliphatic carbocycles. The van der Waals surface area contributed by atoms with Crippen LogP contribution in [0.2, 0.25) is 0 Å². The number of halogens is 1. The molecule has 0 fully saturated rings. The van der Waals surface area contributed by atoms with E-state index in [1.165, 1.54) is 19.2 Å². The Kier molecular flexibility index (Phi) is 5.98. The number of hydrogen-bond donors (Lipinski definition) is 1. The van der Waals surface area contributed by atoms with Gasteiger partial charge in [-0.25, -0.2) is 8.42 Å². The third-order valence-electron chi connectivity index (χ3n) is 2.88. The molecule has 5 nitrogen and oxygen atoms in total. The van der Waals surface area contributed by atoms with Crippen molar-refractivity contribution in [3.05, 3.63) is 29.3 Å². The van der Waals surface area contributed by atoms with Crippen molar-refractivity contribution in [2.24, 2.45) is 0 Å². The Morgan fingerprint density at radius 3 is 2.60 bits per heavy atom. The number of hydrogen-bond acceptors (Lipinski definition) is 4. The molecule has 0 heterocycles. The molecule has 0 saturated heterocycles. The molecule has 1 rings (SSSR count). The first-order chi connectivity index (χ1) is 9.29. The average molecular weight is 320 g/mol. The summed E-state index contributed by atoms with van der Waals surface area (Å²) in [5, 5.41) is 2.77. The fourth-order valence-corrected chi connectivity index (χ4v) is 2.75. The third kappa shape index (κ3) is 4.47. The number of benzene rings is 1. The van der Waals surface area contributed by atoms with Crippen LogP contribution in [0.3, 0.4) is 0 Å². The van der Waals surface area contributed by atoms with Crippen LogP contribution in [0.25, 0.3) is 0 Å². The molecule has 0 aliphatic rings. The lowest BCUT2D eigenvalue weighted by atomic mass is 10.1. The lowest BCUT2D eigenvalue weighted by Gasteiger charge is -2.13. The molecule has 7 heteroatoms. The molecule has 0 spiro atoms. The SMILES string of the molecule is CCC(C)NC(=O)c1ccc(COC)c(S(=O)(=O)Cl)c1. The Morgan fingerprint density at radius 2 is 2.10 bits per heavy atom. The smallest absolute Gasteiger partial charge is 0.261 e. The van der Waals surface area contributed by atoms with Crippen molar-refractivity contribution in [1.29, 1.82) is 0 Å². The number of carbonyl (C=O) groups excluding carboxylic acids is 1. The van der Waals surface area contributed by atoms with Crippen LogP contribution in [0.15, 0.2) is 23.1 Å². The quantitative estimate of drug-likeness (QED) is 0.816. The van der Waals surface area contributed by atoms with E-state index in [4.69, 9.17) is 15.4 Å². The van der Waals surface area contributed by atoms with Gasteiger partial charge >= 0.3 is 0 Å². The summed E-state index contributed by atoms with van der Waals surface area (Å²) in [4.78, 5) is 11.9. The first-order valence-electron chi connectivity index (χ1n) is 6.17. The van der Waals surface area contributed by atoms with Crippen molar-refractivity contribution < 1.29 is 17.9 Å². The maximum atomic E-state index is 12.0. The topological polar surface area (TPSA) is 72.5 Å². The highest BCUT2D eigenvalue weighted by molar-refractivity contribution is 8.13. The van der Waals surface area contributed by atoms with Crippen LogP contribution in [0, 0.1) is 0 Å². The summed E-state index contributed by atoms with van der Waals surface area (Å²) in [5.41, 5.74) is 0.673. The summed E-state index contributed by atoms with van der Waals surface area (Å²) >= 11 is 0. The number of amides is 1. The van der Waals surface area contributed by atoms with Gasteiger partial charge in [-0.05, 0) is 31.0 Å². The van der Waals surface area contributed by atoms with E-state index in [1.807, 2.05) is 13.8 Å². The minimum atomic E-state index is -3.93. The molecular formula is C13H18ClNO4S. The molecule has 0 radical (unpaired) electrons. The minimum absolute atomic E-state index is 0.0113. The third-order valence-corrected chi connectivity index (χ3v) is 4.29. The Labute approximate surface area is 123 Å². The Balaban J connectivity index is 3.16. The Bertz CT molecular complexity index is 586. The van der Waals surface area contributed by atoms with E-state index in [0.29, 0.717) is 5.56 Å². The number of ether oxygens (including phenoxy) is 1. The van der Waals surface area contributed by atoms with Gasteiger partial charge in [-0.1, -0.05) is 13.0 Å². The zero-order valence-corrected chi connectivity index (χ0v) is 13.2. The van der Waals surface area contributed by atoms with Crippen molar-refractivity contribution in [1.82, 2.24) is 5.32 Å². The average Bonchev–Trinajstić information content (AvgIpc) is 2.38. The molecule has 1 aromatic rings. The Hall–Kier alpha value is -1.11. The highest BCUT2D eigenvalue weighted by atomic mass is 35.7. The van der Waals surface area contributed by atoms with E-state index in [0.717, 1.165) is 6.42 Å². The van der Waals surface area contributed by atoms with Gasteiger partial charge in [0, 0.05) is 29.4 Å². The van der Waals surface area contributed by atoms with Crippen molar-refractivity contribution in [2.45, 2.75) is 37.8 Å². The van der Waals surface area contributed by atoms with Crippen molar-refractivity contribution in [3.8, 4) is 0 Å². The molecule has 1 N–H and O–H groups in total. The van der Waals surface area contributed by atoms with Crippen LogP contribution < -0.4 is 5.32 Å². The second kappa shape index (κ2) is 7.06. The molecule has 0 saturated carbocycles. The number of nitrogens with one attached hydrogen (secondary N) is 1.